The lowest BCUT2D eigenvalue weighted by Crippen LogP contribution is -2.41. The fourth-order valence-corrected chi connectivity index (χ4v) is 5.04. The highest BCUT2D eigenvalue weighted by atomic mass is 35.5. The number of hydrogen-bond donors (Lipinski definition) is 0. The largest absolute Gasteiger partial charge is 0.378 e. The van der Waals surface area contributed by atoms with Crippen molar-refractivity contribution < 1.29 is 17.9 Å². The van der Waals surface area contributed by atoms with Crippen LogP contribution >= 0.6 is 11.6 Å². The van der Waals surface area contributed by atoms with Crippen LogP contribution in [0, 0.1) is 0 Å². The molecule has 3 aromatic rings. The smallest absolute Gasteiger partial charge is 0.256 e. The van der Waals surface area contributed by atoms with Crippen LogP contribution in [-0.2, 0) is 14.6 Å². The van der Waals surface area contributed by atoms with Gasteiger partial charge in [0.15, 0.2) is 0 Å². The second-order valence-corrected chi connectivity index (χ2v) is 8.71. The summed E-state index contributed by atoms with van der Waals surface area (Å²) in [5.74, 6) is -0.382. The molecule has 1 aliphatic heterocycles. The van der Waals surface area contributed by atoms with Gasteiger partial charge in [0.05, 0.1) is 34.1 Å². The number of aromatic nitrogens is 1. The van der Waals surface area contributed by atoms with E-state index in [0.29, 0.717) is 42.2 Å². The minimum absolute atomic E-state index is 0.0421. The van der Waals surface area contributed by atoms with E-state index in [4.69, 9.17) is 16.3 Å². The van der Waals surface area contributed by atoms with Gasteiger partial charge >= 0.3 is 0 Å². The maximum atomic E-state index is 13.5. The molecule has 8 heteroatoms. The fraction of sp³-hybridized carbons (Fsp3) is 0.200. The lowest BCUT2D eigenvalue weighted by molar-refractivity contribution is 0.0300. The van der Waals surface area contributed by atoms with Gasteiger partial charge in [0, 0.05) is 29.7 Å². The Labute approximate surface area is 167 Å². The number of ether oxygens (including phenoxy) is 1. The number of pyridine rings is 1. The van der Waals surface area contributed by atoms with E-state index in [1.807, 2.05) is 0 Å². The summed E-state index contributed by atoms with van der Waals surface area (Å²) in [4.78, 5) is 19.1. The summed E-state index contributed by atoms with van der Waals surface area (Å²) in [5, 5.41) is 0.699. The first-order valence-electron chi connectivity index (χ1n) is 8.74. The van der Waals surface area contributed by atoms with Crippen LogP contribution in [0.2, 0.25) is 5.02 Å². The lowest BCUT2D eigenvalue weighted by atomic mass is 10.1. The molecule has 144 valence electrons. The van der Waals surface area contributed by atoms with Crippen molar-refractivity contribution in [2.45, 2.75) is 9.79 Å². The van der Waals surface area contributed by atoms with Gasteiger partial charge < -0.3 is 9.64 Å². The summed E-state index contributed by atoms with van der Waals surface area (Å²) in [6.45, 7) is 1.63. The molecule has 0 saturated carbocycles. The number of carbonyl (C=O) groups excluding carboxylic acids is 1. The molecule has 1 fully saturated rings. The predicted octanol–water partition coefficient (Wildman–Crippen LogP) is 3.19. The third kappa shape index (κ3) is 3.37. The van der Waals surface area contributed by atoms with Crippen molar-refractivity contribution in [2.75, 3.05) is 26.3 Å². The predicted molar refractivity (Wildman–Crippen MR) is 105 cm³/mol. The van der Waals surface area contributed by atoms with Crippen LogP contribution in [0.4, 0.5) is 0 Å². The number of amides is 1. The molecule has 0 N–H and O–H groups in total. The van der Waals surface area contributed by atoms with Crippen LogP contribution in [-0.4, -0.2) is 50.5 Å². The number of benzene rings is 2. The summed E-state index contributed by atoms with van der Waals surface area (Å²) in [7, 11) is -3.97. The molecule has 2 heterocycles. The van der Waals surface area contributed by atoms with Gasteiger partial charge in [-0.05, 0) is 30.3 Å². The molecule has 0 aliphatic carbocycles. The van der Waals surface area contributed by atoms with E-state index in [1.54, 1.807) is 35.2 Å². The van der Waals surface area contributed by atoms with E-state index >= 15 is 0 Å². The van der Waals surface area contributed by atoms with E-state index < -0.39 is 9.84 Å². The van der Waals surface area contributed by atoms with E-state index in [-0.39, 0.29) is 21.3 Å². The molecule has 4 rings (SSSR count). The molecule has 0 bridgehead atoms. The van der Waals surface area contributed by atoms with Crippen molar-refractivity contribution >= 4 is 38.2 Å². The van der Waals surface area contributed by atoms with Crippen molar-refractivity contribution in [1.29, 1.82) is 0 Å². The molecule has 0 spiro atoms. The van der Waals surface area contributed by atoms with Crippen LogP contribution < -0.4 is 0 Å². The Morgan fingerprint density at radius 2 is 1.79 bits per heavy atom. The topological polar surface area (TPSA) is 76.6 Å². The average molecular weight is 417 g/mol. The zero-order chi connectivity index (χ0) is 19.7. The molecule has 1 amide bonds. The Morgan fingerprint density at radius 1 is 1.07 bits per heavy atom. The summed E-state index contributed by atoms with van der Waals surface area (Å²) < 4.78 is 32.3. The van der Waals surface area contributed by atoms with Gasteiger partial charge in [-0.25, -0.2) is 8.42 Å². The lowest BCUT2D eigenvalue weighted by Gasteiger charge is -2.27. The van der Waals surface area contributed by atoms with Gasteiger partial charge in [-0.1, -0.05) is 29.8 Å². The molecule has 28 heavy (non-hydrogen) atoms. The average Bonchev–Trinajstić information content (AvgIpc) is 2.73. The fourth-order valence-electron chi connectivity index (χ4n) is 3.24. The van der Waals surface area contributed by atoms with Gasteiger partial charge in [-0.15, -0.1) is 0 Å². The van der Waals surface area contributed by atoms with E-state index in [1.165, 1.54) is 24.4 Å². The van der Waals surface area contributed by atoms with Gasteiger partial charge in [-0.3, -0.25) is 9.78 Å². The molecule has 6 nitrogen and oxygen atoms in total. The monoisotopic (exact) mass is 416 g/mol. The Morgan fingerprint density at radius 3 is 2.50 bits per heavy atom. The standard InChI is InChI=1S/C20H17ClN2O4S/c21-14-6-7-18-16(12-14)19(28(25,26)15-4-2-1-3-5-15)17(13-22-18)20(24)23-8-10-27-11-9-23/h1-7,12-13H,8-11H2. The number of carbonyl (C=O) groups is 1. The second kappa shape index (κ2) is 7.50. The highest BCUT2D eigenvalue weighted by Gasteiger charge is 2.30. The van der Waals surface area contributed by atoms with Crippen LogP contribution in [0.3, 0.4) is 0 Å². The van der Waals surface area contributed by atoms with E-state index in [2.05, 4.69) is 4.98 Å². The van der Waals surface area contributed by atoms with Crippen LogP contribution in [0.25, 0.3) is 10.9 Å². The molecular formula is C20H17ClN2O4S. The molecule has 1 saturated heterocycles. The van der Waals surface area contributed by atoms with Gasteiger partial charge in [0.1, 0.15) is 0 Å². The van der Waals surface area contributed by atoms with Crippen molar-refractivity contribution in [3.8, 4) is 0 Å². The molecule has 1 aromatic heterocycles. The first kappa shape index (κ1) is 18.9. The van der Waals surface area contributed by atoms with Gasteiger partial charge in [-0.2, -0.15) is 0 Å². The van der Waals surface area contributed by atoms with Crippen LogP contribution in [0.1, 0.15) is 10.4 Å². The van der Waals surface area contributed by atoms with E-state index in [9.17, 15) is 13.2 Å². The Hall–Kier alpha value is -2.48. The summed E-state index contributed by atoms with van der Waals surface area (Å²) in [6.07, 6.45) is 1.34. The minimum Gasteiger partial charge on any atom is -0.378 e. The summed E-state index contributed by atoms with van der Waals surface area (Å²) >= 11 is 6.13. The molecule has 0 atom stereocenters. The normalized spacial score (nSPS) is 15.0. The number of nitrogens with zero attached hydrogens (tertiary/aromatic N) is 2. The Bertz CT molecular complexity index is 1140. The number of hydrogen-bond acceptors (Lipinski definition) is 5. The van der Waals surface area contributed by atoms with Gasteiger partial charge in [0.2, 0.25) is 9.84 Å². The Balaban J connectivity index is 1.98. The van der Waals surface area contributed by atoms with Crippen molar-refractivity contribution in [3.05, 3.63) is 65.3 Å². The highest BCUT2D eigenvalue weighted by molar-refractivity contribution is 7.91. The number of fused-ring (bicyclic) bond motifs is 1. The Kier molecular flexibility index (Phi) is 5.05. The maximum absolute atomic E-state index is 13.5. The van der Waals surface area contributed by atoms with E-state index in [0.717, 1.165) is 0 Å². The third-order valence-corrected chi connectivity index (χ3v) is 6.74. The quantitative estimate of drug-likeness (QED) is 0.655. The number of rotatable bonds is 3. The highest BCUT2D eigenvalue weighted by Crippen LogP contribution is 2.32. The number of sulfone groups is 1. The summed E-state index contributed by atoms with van der Waals surface area (Å²) in [6, 6.07) is 12.9. The molecule has 0 unspecified atom stereocenters. The number of morpholine rings is 1. The zero-order valence-electron chi connectivity index (χ0n) is 14.8. The van der Waals surface area contributed by atoms with Crippen LogP contribution in [0.5, 0.6) is 0 Å². The summed E-state index contributed by atoms with van der Waals surface area (Å²) in [5.41, 5.74) is 0.498. The minimum atomic E-state index is -3.97. The number of halogens is 1. The molecule has 0 radical (unpaired) electrons. The third-order valence-electron chi connectivity index (χ3n) is 4.63. The first-order valence-corrected chi connectivity index (χ1v) is 10.6. The van der Waals surface area contributed by atoms with Crippen molar-refractivity contribution in [2.24, 2.45) is 0 Å². The maximum Gasteiger partial charge on any atom is 0.256 e. The SMILES string of the molecule is O=C(c1cnc2ccc(Cl)cc2c1S(=O)(=O)c1ccccc1)N1CCOCC1. The first-order chi connectivity index (χ1) is 13.5. The van der Waals surface area contributed by atoms with Crippen LogP contribution in [0.15, 0.2) is 64.5 Å². The molecular weight excluding hydrogens is 400 g/mol. The molecule has 1 aliphatic rings. The second-order valence-electron chi connectivity index (χ2n) is 6.38. The van der Waals surface area contributed by atoms with Gasteiger partial charge in [0.25, 0.3) is 5.91 Å². The van der Waals surface area contributed by atoms with Crippen molar-refractivity contribution in [1.82, 2.24) is 9.88 Å². The van der Waals surface area contributed by atoms with Crippen molar-refractivity contribution in [3.63, 3.8) is 0 Å². The molecule has 2 aromatic carbocycles. The zero-order valence-corrected chi connectivity index (χ0v) is 16.4.